The Morgan fingerprint density at radius 3 is 2.09 bits per heavy atom. The first-order valence-electron chi connectivity index (χ1n) is 10.3. The summed E-state index contributed by atoms with van der Waals surface area (Å²) in [6.45, 7) is 4.28. The van der Waals surface area contributed by atoms with Crippen LogP contribution in [0, 0.1) is 0 Å². The summed E-state index contributed by atoms with van der Waals surface area (Å²) in [7, 11) is 1.20. The molecule has 5 atom stereocenters. The SMILES string of the molecule is COC(=O)c1ccccc1O[C@@H]1O[C@H](COC(C)=O)[C@H](OC(C)=O)[C@@H](OC(C)=O)[C@H]1NC(C)=O. The topological polar surface area (TPSA) is 153 Å². The predicted molar refractivity (Wildman–Crippen MR) is 112 cm³/mol. The van der Waals surface area contributed by atoms with Gasteiger partial charge in [0.05, 0.1) is 7.11 Å². The summed E-state index contributed by atoms with van der Waals surface area (Å²) in [4.78, 5) is 59.2. The van der Waals surface area contributed by atoms with Crippen molar-refractivity contribution in [2.45, 2.75) is 58.3 Å². The Bertz CT molecular complexity index is 931. The van der Waals surface area contributed by atoms with Crippen molar-refractivity contribution in [1.82, 2.24) is 5.32 Å². The van der Waals surface area contributed by atoms with Gasteiger partial charge in [0.15, 0.2) is 12.2 Å². The maximum atomic E-state index is 12.2. The van der Waals surface area contributed by atoms with Gasteiger partial charge in [0.2, 0.25) is 12.2 Å². The number of esters is 4. The quantitative estimate of drug-likeness (QED) is 0.408. The molecular formula is C22H27NO11. The molecule has 186 valence electrons. The third kappa shape index (κ3) is 7.17. The first kappa shape index (κ1) is 26.6. The first-order valence-corrected chi connectivity index (χ1v) is 10.3. The van der Waals surface area contributed by atoms with Crippen LogP contribution in [-0.2, 0) is 42.9 Å². The lowest BCUT2D eigenvalue weighted by atomic mass is 9.96. The molecule has 1 aromatic carbocycles. The number of hydrogen-bond acceptors (Lipinski definition) is 11. The van der Waals surface area contributed by atoms with Crippen LogP contribution in [0.3, 0.4) is 0 Å². The van der Waals surface area contributed by atoms with Crippen LogP contribution < -0.4 is 10.1 Å². The summed E-state index contributed by atoms with van der Waals surface area (Å²) in [5.74, 6) is -3.26. The summed E-state index contributed by atoms with van der Waals surface area (Å²) >= 11 is 0. The molecule has 1 saturated heterocycles. The number of carbonyl (C=O) groups excluding carboxylic acids is 5. The van der Waals surface area contributed by atoms with E-state index in [1.807, 2.05) is 0 Å². The van der Waals surface area contributed by atoms with Crippen molar-refractivity contribution in [1.29, 1.82) is 0 Å². The van der Waals surface area contributed by atoms with Gasteiger partial charge in [-0.2, -0.15) is 0 Å². The van der Waals surface area contributed by atoms with Crippen LogP contribution in [0.1, 0.15) is 38.1 Å². The van der Waals surface area contributed by atoms with Gasteiger partial charge in [-0.15, -0.1) is 0 Å². The van der Waals surface area contributed by atoms with Crippen LogP contribution in [0.4, 0.5) is 0 Å². The van der Waals surface area contributed by atoms with E-state index in [1.165, 1.54) is 33.1 Å². The number of carbonyl (C=O) groups is 5. The highest BCUT2D eigenvalue weighted by Crippen LogP contribution is 2.30. The highest BCUT2D eigenvalue weighted by molar-refractivity contribution is 5.92. The Balaban J connectivity index is 2.52. The molecule has 1 heterocycles. The average molecular weight is 481 g/mol. The molecule has 1 amide bonds. The van der Waals surface area contributed by atoms with Crippen molar-refractivity contribution >= 4 is 29.8 Å². The highest BCUT2D eigenvalue weighted by atomic mass is 16.7. The van der Waals surface area contributed by atoms with Crippen molar-refractivity contribution in [3.8, 4) is 5.75 Å². The molecule has 1 aliphatic heterocycles. The second-order valence-electron chi connectivity index (χ2n) is 7.33. The number of ether oxygens (including phenoxy) is 6. The zero-order valence-corrected chi connectivity index (χ0v) is 19.4. The fraction of sp³-hybridized carbons (Fsp3) is 0.500. The van der Waals surface area contributed by atoms with Crippen LogP contribution in [0.2, 0.25) is 0 Å². The van der Waals surface area contributed by atoms with Gasteiger partial charge in [0.25, 0.3) is 0 Å². The van der Waals surface area contributed by atoms with Crippen LogP contribution in [0.5, 0.6) is 5.75 Å². The second-order valence-corrected chi connectivity index (χ2v) is 7.33. The minimum atomic E-state index is -1.36. The van der Waals surface area contributed by atoms with Crippen LogP contribution in [0.15, 0.2) is 24.3 Å². The van der Waals surface area contributed by atoms with Gasteiger partial charge in [-0.3, -0.25) is 19.2 Å². The summed E-state index contributed by atoms with van der Waals surface area (Å²) in [6.07, 6.45) is -5.04. The van der Waals surface area contributed by atoms with E-state index in [2.05, 4.69) is 5.32 Å². The molecule has 1 aromatic rings. The Morgan fingerprint density at radius 2 is 1.53 bits per heavy atom. The van der Waals surface area contributed by atoms with E-state index in [-0.39, 0.29) is 17.9 Å². The number of para-hydroxylation sites is 1. The van der Waals surface area contributed by atoms with Gasteiger partial charge in [0.1, 0.15) is 30.1 Å². The molecule has 12 nitrogen and oxygen atoms in total. The number of benzene rings is 1. The van der Waals surface area contributed by atoms with Gasteiger partial charge in [-0.1, -0.05) is 12.1 Å². The first-order chi connectivity index (χ1) is 16.0. The van der Waals surface area contributed by atoms with Gasteiger partial charge in [-0.05, 0) is 12.1 Å². The molecule has 2 rings (SSSR count). The molecule has 1 aliphatic rings. The number of methoxy groups -OCH3 is 1. The molecule has 0 bridgehead atoms. The molecule has 12 heteroatoms. The van der Waals surface area contributed by atoms with Crippen LogP contribution >= 0.6 is 0 Å². The molecule has 1 fully saturated rings. The van der Waals surface area contributed by atoms with Crippen molar-refractivity contribution in [2.75, 3.05) is 13.7 Å². The lowest BCUT2D eigenvalue weighted by molar-refractivity contribution is -0.257. The molecule has 0 spiro atoms. The fourth-order valence-corrected chi connectivity index (χ4v) is 3.36. The van der Waals surface area contributed by atoms with E-state index in [1.54, 1.807) is 12.1 Å². The van der Waals surface area contributed by atoms with Gasteiger partial charge >= 0.3 is 23.9 Å². The summed E-state index contributed by atoms with van der Waals surface area (Å²) < 4.78 is 32.3. The van der Waals surface area contributed by atoms with Gasteiger partial charge < -0.3 is 33.7 Å². The van der Waals surface area contributed by atoms with E-state index < -0.39 is 60.4 Å². The predicted octanol–water partition coefficient (Wildman–Crippen LogP) is 0.508. The van der Waals surface area contributed by atoms with E-state index in [4.69, 9.17) is 28.4 Å². The zero-order valence-electron chi connectivity index (χ0n) is 19.4. The minimum Gasteiger partial charge on any atom is -0.465 e. The Hall–Kier alpha value is -3.67. The van der Waals surface area contributed by atoms with Crippen LogP contribution in [0.25, 0.3) is 0 Å². The third-order valence-corrected chi connectivity index (χ3v) is 4.61. The lowest BCUT2D eigenvalue weighted by Gasteiger charge is -2.44. The van der Waals surface area contributed by atoms with Crippen LogP contribution in [-0.4, -0.2) is 74.1 Å². The molecule has 0 aromatic heterocycles. The van der Waals surface area contributed by atoms with E-state index in [9.17, 15) is 24.0 Å². The standard InChI is InChI=1S/C22H27NO11/c1-11(24)23-18-20(32-14(4)27)19(31-13(3)26)17(10-30-12(2)25)34-22(18)33-16-9-7-6-8-15(16)21(28)29-5/h6-9,17-20,22H,10H2,1-5H3,(H,23,24)/t17-,18-,19+,20+,22-/m1/s1. The summed E-state index contributed by atoms with van der Waals surface area (Å²) in [6, 6.07) is 4.94. The average Bonchev–Trinajstić information content (AvgIpc) is 2.75. The largest absolute Gasteiger partial charge is 0.465 e. The number of rotatable bonds is 8. The zero-order chi connectivity index (χ0) is 25.4. The van der Waals surface area contributed by atoms with E-state index in [0.717, 1.165) is 13.8 Å². The fourth-order valence-electron chi connectivity index (χ4n) is 3.36. The Kier molecular flexibility index (Phi) is 9.36. The summed E-state index contributed by atoms with van der Waals surface area (Å²) in [5.41, 5.74) is 0.0675. The molecule has 0 radical (unpaired) electrons. The highest BCUT2D eigenvalue weighted by Gasteiger charge is 2.52. The van der Waals surface area contributed by atoms with E-state index in [0.29, 0.717) is 0 Å². The molecule has 0 aliphatic carbocycles. The molecule has 34 heavy (non-hydrogen) atoms. The third-order valence-electron chi connectivity index (χ3n) is 4.61. The minimum absolute atomic E-state index is 0.0495. The van der Waals surface area contributed by atoms with E-state index >= 15 is 0 Å². The summed E-state index contributed by atoms with van der Waals surface area (Å²) in [5, 5.41) is 2.58. The number of hydrogen-bond donors (Lipinski definition) is 1. The van der Waals surface area contributed by atoms with Crippen molar-refractivity contribution < 1.29 is 52.4 Å². The van der Waals surface area contributed by atoms with Crippen molar-refractivity contribution in [3.63, 3.8) is 0 Å². The maximum Gasteiger partial charge on any atom is 0.341 e. The van der Waals surface area contributed by atoms with Crippen molar-refractivity contribution in [3.05, 3.63) is 29.8 Å². The molecule has 1 N–H and O–H groups in total. The number of nitrogens with one attached hydrogen (secondary N) is 1. The molecular weight excluding hydrogens is 454 g/mol. The Labute approximate surface area is 195 Å². The number of amides is 1. The smallest absolute Gasteiger partial charge is 0.341 e. The molecule has 0 unspecified atom stereocenters. The second kappa shape index (κ2) is 12.0. The molecule has 0 saturated carbocycles. The normalized spacial score (nSPS) is 23.7. The lowest BCUT2D eigenvalue weighted by Crippen LogP contribution is -2.67. The van der Waals surface area contributed by atoms with Crippen molar-refractivity contribution in [2.24, 2.45) is 0 Å². The van der Waals surface area contributed by atoms with Gasteiger partial charge in [-0.25, -0.2) is 4.79 Å². The monoisotopic (exact) mass is 481 g/mol. The van der Waals surface area contributed by atoms with Gasteiger partial charge in [0, 0.05) is 27.7 Å². The Morgan fingerprint density at radius 1 is 0.912 bits per heavy atom. The maximum absolute atomic E-state index is 12.2.